The molecule has 0 bridgehead atoms. The minimum atomic E-state index is 0.567. The van der Waals surface area contributed by atoms with E-state index in [-0.39, 0.29) is 0 Å². The van der Waals surface area contributed by atoms with Gasteiger partial charge in [-0.3, -0.25) is 4.68 Å². The summed E-state index contributed by atoms with van der Waals surface area (Å²) < 4.78 is 7.80. The highest BCUT2D eigenvalue weighted by molar-refractivity contribution is 5.62. The molecule has 0 atom stereocenters. The second-order valence-electron chi connectivity index (χ2n) is 8.81. The lowest BCUT2D eigenvalue weighted by Crippen LogP contribution is -2.04. The Morgan fingerprint density at radius 2 is 1.65 bits per heavy atom. The average molecular weight is 412 g/mol. The topological polar surface area (TPSA) is 43.9 Å². The molecule has 2 aromatic heterocycles. The van der Waals surface area contributed by atoms with Crippen molar-refractivity contribution in [3.63, 3.8) is 0 Å². The summed E-state index contributed by atoms with van der Waals surface area (Å²) in [6.45, 7) is 4.91. The van der Waals surface area contributed by atoms with E-state index in [1.165, 1.54) is 48.8 Å². The quantitative estimate of drug-likeness (QED) is 0.358. The van der Waals surface area contributed by atoms with Crippen LogP contribution in [0.5, 0.6) is 0 Å². The molecule has 1 fully saturated rings. The highest BCUT2D eigenvalue weighted by atomic mass is 16.3. The summed E-state index contributed by atoms with van der Waals surface area (Å²) in [7, 11) is 0. The second-order valence-corrected chi connectivity index (χ2v) is 8.81. The largest absolute Gasteiger partial charge is 0.443 e. The van der Waals surface area contributed by atoms with Gasteiger partial charge in [0, 0.05) is 11.3 Å². The van der Waals surface area contributed by atoms with Gasteiger partial charge in [0.05, 0.1) is 6.54 Å². The van der Waals surface area contributed by atoms with Crippen LogP contribution in [-0.4, -0.2) is 14.8 Å². The number of aromatic nitrogens is 3. The van der Waals surface area contributed by atoms with Crippen molar-refractivity contribution < 1.29 is 4.42 Å². The Labute approximate surface area is 184 Å². The van der Waals surface area contributed by atoms with Crippen LogP contribution in [0.4, 0.5) is 0 Å². The van der Waals surface area contributed by atoms with Crippen LogP contribution in [0.2, 0.25) is 0 Å². The van der Waals surface area contributed by atoms with Gasteiger partial charge in [0.25, 0.3) is 0 Å². The minimum Gasteiger partial charge on any atom is -0.443 e. The van der Waals surface area contributed by atoms with E-state index >= 15 is 0 Å². The maximum absolute atomic E-state index is 5.80. The summed E-state index contributed by atoms with van der Waals surface area (Å²) in [5, 5.41) is 4.74. The van der Waals surface area contributed by atoms with Crippen molar-refractivity contribution in [2.75, 3.05) is 0 Å². The van der Waals surface area contributed by atoms with Crippen molar-refractivity contribution in [2.45, 2.75) is 58.4 Å². The molecule has 0 N–H and O–H groups in total. The Hall–Kier alpha value is -3.14. The minimum absolute atomic E-state index is 0.567. The predicted octanol–water partition coefficient (Wildman–Crippen LogP) is 6.92. The van der Waals surface area contributed by atoms with Crippen molar-refractivity contribution in [3.05, 3.63) is 83.2 Å². The van der Waals surface area contributed by atoms with Crippen molar-refractivity contribution in [1.29, 1.82) is 0 Å². The van der Waals surface area contributed by atoms with Crippen molar-refractivity contribution in [1.82, 2.24) is 14.8 Å². The van der Waals surface area contributed by atoms with E-state index in [0.29, 0.717) is 5.89 Å². The van der Waals surface area contributed by atoms with Crippen molar-refractivity contribution in [2.24, 2.45) is 0 Å². The summed E-state index contributed by atoms with van der Waals surface area (Å²) in [5.74, 6) is 1.29. The number of hydrogen-bond donors (Lipinski definition) is 0. The molecule has 1 saturated carbocycles. The molecule has 1 aliphatic rings. The van der Waals surface area contributed by atoms with Gasteiger partial charge in [-0.15, -0.1) is 0 Å². The van der Waals surface area contributed by atoms with Crippen LogP contribution < -0.4 is 0 Å². The first-order chi connectivity index (χ1) is 15.2. The van der Waals surface area contributed by atoms with Crippen LogP contribution in [0.3, 0.4) is 0 Å². The van der Waals surface area contributed by atoms with Gasteiger partial charge >= 0.3 is 0 Å². The third-order valence-corrected chi connectivity index (χ3v) is 6.44. The van der Waals surface area contributed by atoms with Gasteiger partial charge in [-0.2, -0.15) is 5.10 Å². The SMILES string of the molecule is Cc1ccc(Cn2nc(-c3nc(-c4ccc(C5CCCCC5)cc4)co3)cc2C)cc1. The van der Waals surface area contributed by atoms with Gasteiger partial charge in [-0.05, 0) is 49.8 Å². The normalized spacial score (nSPS) is 14.8. The number of rotatable bonds is 5. The van der Waals surface area contributed by atoms with Crippen molar-refractivity contribution in [3.8, 4) is 22.8 Å². The fourth-order valence-corrected chi connectivity index (χ4v) is 4.53. The standard InChI is InChI=1S/C27H29N3O/c1-19-8-10-21(11-9-19)17-30-20(2)16-25(29-30)27-28-26(18-31-27)24-14-12-23(13-15-24)22-6-4-3-5-7-22/h8-16,18,22H,3-7,17H2,1-2H3. The van der Waals surface area contributed by atoms with E-state index in [2.05, 4.69) is 62.4 Å². The first kappa shape index (κ1) is 19.8. The molecule has 0 radical (unpaired) electrons. The van der Waals surface area contributed by atoms with Crippen LogP contribution in [-0.2, 0) is 6.54 Å². The van der Waals surface area contributed by atoms with E-state index in [4.69, 9.17) is 14.5 Å². The van der Waals surface area contributed by atoms with Crippen LogP contribution in [0.15, 0.2) is 65.3 Å². The summed E-state index contributed by atoms with van der Waals surface area (Å²) in [4.78, 5) is 4.72. The fraction of sp³-hybridized carbons (Fsp3) is 0.333. The summed E-state index contributed by atoms with van der Waals surface area (Å²) in [6, 6.07) is 19.5. The fourth-order valence-electron chi connectivity index (χ4n) is 4.53. The van der Waals surface area contributed by atoms with E-state index < -0.39 is 0 Å². The van der Waals surface area contributed by atoms with Crippen LogP contribution in [0.1, 0.15) is 60.4 Å². The molecule has 4 heteroatoms. The van der Waals surface area contributed by atoms with Crippen molar-refractivity contribution >= 4 is 0 Å². The molecule has 0 unspecified atom stereocenters. The molecule has 4 nitrogen and oxygen atoms in total. The van der Waals surface area contributed by atoms with Gasteiger partial charge < -0.3 is 4.42 Å². The molecule has 158 valence electrons. The number of nitrogens with zero attached hydrogens (tertiary/aromatic N) is 3. The molecule has 0 amide bonds. The summed E-state index contributed by atoms with van der Waals surface area (Å²) in [6.07, 6.45) is 8.47. The Morgan fingerprint density at radius 1 is 0.903 bits per heavy atom. The zero-order valence-electron chi connectivity index (χ0n) is 18.3. The zero-order chi connectivity index (χ0) is 21.2. The second kappa shape index (κ2) is 8.54. The highest BCUT2D eigenvalue weighted by Crippen LogP contribution is 2.33. The Kier molecular flexibility index (Phi) is 5.46. The average Bonchev–Trinajstić information content (AvgIpc) is 3.43. The van der Waals surface area contributed by atoms with Crippen LogP contribution in [0, 0.1) is 13.8 Å². The molecule has 1 aliphatic carbocycles. The molecular weight excluding hydrogens is 382 g/mol. The number of benzene rings is 2. The Bertz CT molecular complexity index is 1150. The predicted molar refractivity (Wildman–Crippen MR) is 124 cm³/mol. The smallest absolute Gasteiger partial charge is 0.247 e. The molecule has 31 heavy (non-hydrogen) atoms. The summed E-state index contributed by atoms with van der Waals surface area (Å²) >= 11 is 0. The van der Waals surface area contributed by atoms with Crippen LogP contribution in [0.25, 0.3) is 22.8 Å². The van der Waals surface area contributed by atoms with Gasteiger partial charge in [0.1, 0.15) is 17.7 Å². The van der Waals surface area contributed by atoms with Crippen LogP contribution >= 0.6 is 0 Å². The zero-order valence-corrected chi connectivity index (χ0v) is 18.3. The number of oxazole rings is 1. The third kappa shape index (κ3) is 4.34. The van der Waals surface area contributed by atoms with Gasteiger partial charge in [-0.1, -0.05) is 73.4 Å². The van der Waals surface area contributed by atoms with E-state index in [1.807, 2.05) is 10.7 Å². The molecule has 2 aromatic carbocycles. The maximum Gasteiger partial charge on any atom is 0.247 e. The monoisotopic (exact) mass is 411 g/mol. The molecule has 0 spiro atoms. The van der Waals surface area contributed by atoms with E-state index in [0.717, 1.165) is 35.1 Å². The first-order valence-electron chi connectivity index (χ1n) is 11.3. The molecule has 0 aliphatic heterocycles. The third-order valence-electron chi connectivity index (χ3n) is 6.44. The van der Waals surface area contributed by atoms with Gasteiger partial charge in [0.15, 0.2) is 0 Å². The highest BCUT2D eigenvalue weighted by Gasteiger charge is 2.17. The van der Waals surface area contributed by atoms with Gasteiger partial charge in [-0.25, -0.2) is 4.98 Å². The number of hydrogen-bond acceptors (Lipinski definition) is 3. The lowest BCUT2D eigenvalue weighted by Gasteiger charge is -2.21. The first-order valence-corrected chi connectivity index (χ1v) is 11.3. The molecule has 4 aromatic rings. The number of aryl methyl sites for hydroxylation is 2. The molecular formula is C27H29N3O. The Balaban J connectivity index is 1.33. The lowest BCUT2D eigenvalue weighted by atomic mass is 9.84. The summed E-state index contributed by atoms with van der Waals surface area (Å²) in [5.41, 5.74) is 7.76. The molecule has 0 saturated heterocycles. The molecule has 2 heterocycles. The Morgan fingerprint density at radius 3 is 2.39 bits per heavy atom. The molecule has 5 rings (SSSR count). The maximum atomic E-state index is 5.80. The van der Waals surface area contributed by atoms with Gasteiger partial charge in [0.2, 0.25) is 5.89 Å². The lowest BCUT2D eigenvalue weighted by molar-refractivity contribution is 0.443. The van der Waals surface area contributed by atoms with E-state index in [9.17, 15) is 0 Å². The van der Waals surface area contributed by atoms with E-state index in [1.54, 1.807) is 6.26 Å².